The number of carboxylic acid groups (broad SMARTS) is 1. The molecule has 0 atom stereocenters. The van der Waals surface area contributed by atoms with Gasteiger partial charge in [-0.1, -0.05) is 48.0 Å². The average molecular weight is 472 g/mol. The van der Waals surface area contributed by atoms with Gasteiger partial charge in [0.25, 0.3) is 0 Å². The van der Waals surface area contributed by atoms with Gasteiger partial charge in [0.15, 0.2) is 0 Å². The Kier molecular flexibility index (Phi) is 7.52. The lowest BCUT2D eigenvalue weighted by atomic mass is 9.77. The van der Waals surface area contributed by atoms with Gasteiger partial charge in [-0.05, 0) is 62.5 Å². The molecule has 0 saturated carbocycles. The molecule has 1 amide bonds. The molecule has 0 radical (unpaired) electrons. The lowest BCUT2D eigenvalue weighted by Gasteiger charge is -2.32. The van der Waals surface area contributed by atoms with Gasteiger partial charge in [-0.15, -0.1) is 0 Å². The monoisotopic (exact) mass is 471 g/mol. The number of aromatic carboxylic acids is 1. The highest BCUT2D eigenvalue weighted by Gasteiger charge is 2.52. The number of halogens is 1. The van der Waals surface area contributed by atoms with E-state index in [4.69, 9.17) is 25.6 Å². The first kappa shape index (κ1) is 24.8. The SMILES string of the molecule is CC1(C)OB(C(=Cc2cc(C(=O)O)ccc2Cl)CNC(=O)OCc2ccccc2)OC1(C)C. The predicted octanol–water partition coefficient (Wildman–Crippen LogP) is 4.98. The molecule has 2 N–H and O–H groups in total. The Bertz CT molecular complexity index is 1040. The summed E-state index contributed by atoms with van der Waals surface area (Å²) in [5.41, 5.74) is 0.797. The van der Waals surface area contributed by atoms with Crippen molar-refractivity contribution in [3.05, 3.63) is 75.7 Å². The molecule has 2 aromatic rings. The predicted molar refractivity (Wildman–Crippen MR) is 127 cm³/mol. The Hall–Kier alpha value is -2.81. The van der Waals surface area contributed by atoms with E-state index >= 15 is 0 Å². The molecule has 0 spiro atoms. The molecule has 0 aliphatic carbocycles. The van der Waals surface area contributed by atoms with Crippen LogP contribution in [-0.2, 0) is 20.7 Å². The van der Waals surface area contributed by atoms with E-state index in [0.29, 0.717) is 16.1 Å². The number of hydrogen-bond acceptors (Lipinski definition) is 5. The van der Waals surface area contributed by atoms with Crippen LogP contribution in [0.5, 0.6) is 0 Å². The van der Waals surface area contributed by atoms with Gasteiger partial charge in [-0.3, -0.25) is 0 Å². The van der Waals surface area contributed by atoms with E-state index in [1.165, 1.54) is 18.2 Å². The molecule has 0 unspecified atom stereocenters. The molecule has 3 rings (SSSR count). The van der Waals surface area contributed by atoms with Crippen LogP contribution in [0.3, 0.4) is 0 Å². The Balaban J connectivity index is 1.81. The summed E-state index contributed by atoms with van der Waals surface area (Å²) in [7, 11) is -0.769. The maximum atomic E-state index is 12.3. The number of amides is 1. The smallest absolute Gasteiger partial charge is 0.478 e. The molecule has 2 aromatic carbocycles. The van der Waals surface area contributed by atoms with Crippen molar-refractivity contribution in [2.45, 2.75) is 45.5 Å². The summed E-state index contributed by atoms with van der Waals surface area (Å²) in [6.07, 6.45) is 1.07. The van der Waals surface area contributed by atoms with E-state index in [0.717, 1.165) is 5.56 Å². The number of carboxylic acids is 1. The van der Waals surface area contributed by atoms with Crippen molar-refractivity contribution >= 4 is 36.9 Å². The van der Waals surface area contributed by atoms with Crippen LogP contribution in [-0.4, -0.2) is 42.0 Å². The maximum Gasteiger partial charge on any atom is 0.492 e. The van der Waals surface area contributed by atoms with Gasteiger partial charge in [0.1, 0.15) is 6.61 Å². The Labute approximate surface area is 198 Å². The summed E-state index contributed by atoms with van der Waals surface area (Å²) in [6, 6.07) is 13.7. The number of rotatable bonds is 7. The molecule has 1 aliphatic heterocycles. The summed E-state index contributed by atoms with van der Waals surface area (Å²) < 4.78 is 17.6. The summed E-state index contributed by atoms with van der Waals surface area (Å²) in [4.78, 5) is 23.7. The highest BCUT2D eigenvalue weighted by atomic mass is 35.5. The number of hydrogen-bond donors (Lipinski definition) is 2. The lowest BCUT2D eigenvalue weighted by molar-refractivity contribution is 0.00578. The number of nitrogens with one attached hydrogen (secondary N) is 1. The third-order valence-corrected chi connectivity index (χ3v) is 6.13. The van der Waals surface area contributed by atoms with Crippen LogP contribution in [0, 0.1) is 0 Å². The van der Waals surface area contributed by atoms with Gasteiger partial charge >= 0.3 is 19.2 Å². The largest absolute Gasteiger partial charge is 0.492 e. The standard InChI is InChI=1S/C24H27BClNO6/c1-23(2)24(3,4)33-25(32-23)19(13-18-12-17(21(28)29)10-11-20(18)26)14-27-22(30)31-15-16-8-6-5-7-9-16/h5-13H,14-15H2,1-4H3,(H,27,30)(H,28,29). The first-order valence-electron chi connectivity index (χ1n) is 10.5. The molecule has 1 aliphatic rings. The molecule has 9 heteroatoms. The van der Waals surface area contributed by atoms with Gasteiger partial charge in [-0.25, -0.2) is 9.59 Å². The summed E-state index contributed by atoms with van der Waals surface area (Å²) in [5.74, 6) is -1.07. The third kappa shape index (κ3) is 6.16. The molecular weight excluding hydrogens is 445 g/mol. The average Bonchev–Trinajstić information content (AvgIpc) is 2.98. The van der Waals surface area contributed by atoms with Crippen LogP contribution < -0.4 is 5.32 Å². The fourth-order valence-electron chi connectivity index (χ4n) is 3.13. The van der Waals surface area contributed by atoms with Crippen LogP contribution in [0.15, 0.2) is 54.0 Å². The normalized spacial score (nSPS) is 17.0. The van der Waals surface area contributed by atoms with Gasteiger partial charge in [0.2, 0.25) is 0 Å². The highest BCUT2D eigenvalue weighted by Crippen LogP contribution is 2.39. The van der Waals surface area contributed by atoms with Crippen molar-refractivity contribution in [1.29, 1.82) is 0 Å². The Morgan fingerprint density at radius 3 is 2.33 bits per heavy atom. The van der Waals surface area contributed by atoms with Crippen LogP contribution in [0.2, 0.25) is 5.02 Å². The summed E-state index contributed by atoms with van der Waals surface area (Å²) in [6.45, 7) is 7.87. The second-order valence-corrected chi connectivity index (χ2v) is 9.17. The second-order valence-electron chi connectivity index (χ2n) is 8.76. The van der Waals surface area contributed by atoms with E-state index in [2.05, 4.69) is 5.32 Å². The van der Waals surface area contributed by atoms with E-state index in [1.807, 2.05) is 58.0 Å². The molecule has 1 heterocycles. The fraction of sp³-hybridized carbons (Fsp3) is 0.333. The lowest BCUT2D eigenvalue weighted by Crippen LogP contribution is -2.41. The van der Waals surface area contributed by atoms with E-state index in [1.54, 1.807) is 6.08 Å². The maximum absolute atomic E-state index is 12.3. The molecule has 1 saturated heterocycles. The fourth-order valence-corrected chi connectivity index (χ4v) is 3.30. The number of carbonyl (C=O) groups is 2. The Morgan fingerprint density at radius 2 is 1.73 bits per heavy atom. The van der Waals surface area contributed by atoms with E-state index < -0.39 is 30.4 Å². The summed E-state index contributed by atoms with van der Waals surface area (Å²) in [5, 5.41) is 12.4. The van der Waals surface area contributed by atoms with Crippen LogP contribution >= 0.6 is 11.6 Å². The highest BCUT2D eigenvalue weighted by molar-refractivity contribution is 6.56. The zero-order valence-electron chi connectivity index (χ0n) is 19.1. The van der Waals surface area contributed by atoms with Crippen molar-refractivity contribution in [3.8, 4) is 0 Å². The number of alkyl carbamates (subject to hydrolysis) is 1. The van der Waals surface area contributed by atoms with Crippen molar-refractivity contribution in [3.63, 3.8) is 0 Å². The zero-order valence-corrected chi connectivity index (χ0v) is 19.8. The quantitative estimate of drug-likeness (QED) is 0.553. The van der Waals surface area contributed by atoms with Crippen molar-refractivity contribution < 1.29 is 28.7 Å². The van der Waals surface area contributed by atoms with Gasteiger partial charge in [0, 0.05) is 11.6 Å². The number of ether oxygens (including phenoxy) is 1. The number of carbonyl (C=O) groups excluding carboxylic acids is 1. The van der Waals surface area contributed by atoms with Gasteiger partial charge in [0.05, 0.1) is 16.8 Å². The summed E-state index contributed by atoms with van der Waals surface area (Å²) >= 11 is 6.31. The molecule has 1 fully saturated rings. The van der Waals surface area contributed by atoms with Crippen LogP contribution in [0.25, 0.3) is 6.08 Å². The first-order chi connectivity index (χ1) is 15.5. The molecule has 174 valence electrons. The minimum absolute atomic E-state index is 0.0536. The molecule has 33 heavy (non-hydrogen) atoms. The van der Waals surface area contributed by atoms with Crippen LogP contribution in [0.1, 0.15) is 49.2 Å². The molecule has 0 bridgehead atoms. The minimum Gasteiger partial charge on any atom is -0.478 e. The number of benzene rings is 2. The zero-order chi connectivity index (χ0) is 24.2. The Morgan fingerprint density at radius 1 is 1.09 bits per heavy atom. The molecule has 0 aromatic heterocycles. The first-order valence-corrected chi connectivity index (χ1v) is 10.9. The molecule has 7 nitrogen and oxygen atoms in total. The van der Waals surface area contributed by atoms with Crippen molar-refractivity contribution in [2.24, 2.45) is 0 Å². The van der Waals surface area contributed by atoms with Crippen molar-refractivity contribution in [1.82, 2.24) is 5.32 Å². The topological polar surface area (TPSA) is 94.1 Å². The third-order valence-electron chi connectivity index (χ3n) is 5.79. The van der Waals surface area contributed by atoms with Gasteiger partial charge < -0.3 is 24.5 Å². The molecular formula is C24H27BClNO6. The van der Waals surface area contributed by atoms with Gasteiger partial charge in [-0.2, -0.15) is 0 Å². The van der Waals surface area contributed by atoms with Crippen LogP contribution in [0.4, 0.5) is 4.79 Å². The van der Waals surface area contributed by atoms with Crippen molar-refractivity contribution in [2.75, 3.05) is 6.54 Å². The minimum atomic E-state index is -1.07. The second kappa shape index (κ2) is 9.99. The van der Waals surface area contributed by atoms with E-state index in [9.17, 15) is 14.7 Å². The van der Waals surface area contributed by atoms with E-state index in [-0.39, 0.29) is 18.7 Å².